The van der Waals surface area contributed by atoms with E-state index >= 15 is 0 Å². The monoisotopic (exact) mass is 275 g/mol. The van der Waals surface area contributed by atoms with Gasteiger partial charge in [-0.2, -0.15) is 0 Å². The maximum atomic E-state index is 3.90. The molecule has 0 aromatic rings. The van der Waals surface area contributed by atoms with E-state index in [-0.39, 0.29) is 5.79 Å². The molecule has 1 aliphatic heterocycles. The molecule has 1 saturated heterocycles. The van der Waals surface area contributed by atoms with Gasteiger partial charge in [-0.1, -0.05) is 24.3 Å². The molecule has 0 aliphatic carbocycles. The lowest BCUT2D eigenvalue weighted by atomic mass is 10.0. The molecule has 0 atom stereocenters. The molecule has 1 N–H and O–H groups in total. The van der Waals surface area contributed by atoms with Gasteiger partial charge < -0.3 is 0 Å². The zero-order chi connectivity index (χ0) is 14.8. The van der Waals surface area contributed by atoms with Crippen LogP contribution in [0.15, 0.2) is 50.6 Å². The number of nitrogens with one attached hydrogen (secondary N) is 1. The third kappa shape index (κ3) is 3.92. The molecule has 1 rings (SSSR count). The molecule has 0 aromatic heterocycles. The minimum atomic E-state index is -0.150. The third-order valence-corrected chi connectivity index (χ3v) is 3.80. The van der Waals surface area contributed by atoms with Gasteiger partial charge >= 0.3 is 0 Å². The van der Waals surface area contributed by atoms with Crippen molar-refractivity contribution < 1.29 is 0 Å². The zero-order valence-corrected chi connectivity index (χ0v) is 12.7. The van der Waals surface area contributed by atoms with Gasteiger partial charge in [0, 0.05) is 26.2 Å². The first-order valence-electron chi connectivity index (χ1n) is 7.44. The molecule has 0 amide bonds. The van der Waals surface area contributed by atoms with E-state index in [2.05, 4.69) is 41.4 Å². The highest BCUT2D eigenvalue weighted by molar-refractivity contribution is 4.99. The average Bonchev–Trinajstić information content (AvgIpc) is 2.47. The van der Waals surface area contributed by atoms with Gasteiger partial charge in [-0.05, 0) is 25.8 Å². The fraction of sp³-hybridized carbons (Fsp3) is 0.529. The van der Waals surface area contributed by atoms with E-state index in [9.17, 15) is 0 Å². The van der Waals surface area contributed by atoms with E-state index in [4.69, 9.17) is 0 Å². The molecular weight excluding hydrogens is 246 g/mol. The summed E-state index contributed by atoms with van der Waals surface area (Å²) >= 11 is 0. The van der Waals surface area contributed by atoms with E-state index < -0.39 is 0 Å². The first-order chi connectivity index (χ1) is 9.75. The number of hydrogen-bond donors (Lipinski definition) is 1. The van der Waals surface area contributed by atoms with E-state index in [0.29, 0.717) is 0 Å². The van der Waals surface area contributed by atoms with Gasteiger partial charge in [-0.15, -0.1) is 26.3 Å². The predicted molar refractivity (Wildman–Crippen MR) is 88.5 cm³/mol. The first kappa shape index (κ1) is 16.9. The molecule has 3 nitrogen and oxygen atoms in total. The van der Waals surface area contributed by atoms with Gasteiger partial charge in [-0.3, -0.25) is 15.1 Å². The van der Waals surface area contributed by atoms with E-state index in [1.54, 1.807) is 0 Å². The lowest BCUT2D eigenvalue weighted by Crippen LogP contribution is -2.70. The largest absolute Gasteiger partial charge is 0.287 e. The van der Waals surface area contributed by atoms with Gasteiger partial charge in [0.1, 0.15) is 5.79 Å². The minimum absolute atomic E-state index is 0.150. The van der Waals surface area contributed by atoms with Crippen LogP contribution in [0, 0.1) is 0 Å². The SMILES string of the molecule is C=CCN(CC=C)C1(N(CC=C)CC=C)CCCCN1. The quantitative estimate of drug-likeness (QED) is 0.488. The van der Waals surface area contributed by atoms with Crippen molar-refractivity contribution in [2.45, 2.75) is 25.0 Å². The van der Waals surface area contributed by atoms with Crippen LogP contribution in [0.1, 0.15) is 19.3 Å². The molecular formula is C17H29N3. The van der Waals surface area contributed by atoms with Gasteiger partial charge in [0.05, 0.1) is 0 Å². The molecule has 0 aromatic carbocycles. The molecule has 20 heavy (non-hydrogen) atoms. The van der Waals surface area contributed by atoms with Crippen LogP contribution in [-0.2, 0) is 0 Å². The highest BCUT2D eigenvalue weighted by Crippen LogP contribution is 2.28. The van der Waals surface area contributed by atoms with Gasteiger partial charge in [0.2, 0.25) is 0 Å². The maximum Gasteiger partial charge on any atom is 0.129 e. The Morgan fingerprint density at radius 2 is 1.25 bits per heavy atom. The normalized spacial score (nSPS) is 17.9. The summed E-state index contributed by atoms with van der Waals surface area (Å²) < 4.78 is 0. The molecule has 0 spiro atoms. The van der Waals surface area contributed by atoms with Crippen LogP contribution < -0.4 is 5.32 Å². The Morgan fingerprint density at radius 1 is 0.800 bits per heavy atom. The topological polar surface area (TPSA) is 18.5 Å². The summed E-state index contributed by atoms with van der Waals surface area (Å²) in [4.78, 5) is 4.80. The zero-order valence-electron chi connectivity index (χ0n) is 12.7. The van der Waals surface area contributed by atoms with Crippen LogP contribution in [0.2, 0.25) is 0 Å². The van der Waals surface area contributed by atoms with Crippen molar-refractivity contribution in [2.24, 2.45) is 0 Å². The molecule has 112 valence electrons. The summed E-state index contributed by atoms with van der Waals surface area (Å²) in [6.07, 6.45) is 11.4. The van der Waals surface area contributed by atoms with Crippen LogP contribution in [0.4, 0.5) is 0 Å². The van der Waals surface area contributed by atoms with E-state index in [1.807, 2.05) is 24.3 Å². The van der Waals surface area contributed by atoms with Crippen LogP contribution in [0.5, 0.6) is 0 Å². The van der Waals surface area contributed by atoms with Crippen LogP contribution in [-0.4, -0.2) is 48.3 Å². The van der Waals surface area contributed by atoms with Crippen molar-refractivity contribution >= 4 is 0 Å². The van der Waals surface area contributed by atoms with Crippen molar-refractivity contribution in [2.75, 3.05) is 32.7 Å². The average molecular weight is 275 g/mol. The summed E-state index contributed by atoms with van der Waals surface area (Å²) in [6, 6.07) is 0. The van der Waals surface area contributed by atoms with E-state index in [0.717, 1.165) is 39.1 Å². The second-order valence-corrected chi connectivity index (χ2v) is 5.17. The number of nitrogens with zero attached hydrogens (tertiary/aromatic N) is 2. The first-order valence-corrected chi connectivity index (χ1v) is 7.44. The Bertz CT molecular complexity index is 283. The van der Waals surface area contributed by atoms with Crippen molar-refractivity contribution in [1.82, 2.24) is 15.1 Å². The third-order valence-electron chi connectivity index (χ3n) is 3.80. The van der Waals surface area contributed by atoms with Crippen LogP contribution in [0.3, 0.4) is 0 Å². The lowest BCUT2D eigenvalue weighted by Gasteiger charge is -2.52. The number of hydrogen-bond acceptors (Lipinski definition) is 3. The molecule has 0 unspecified atom stereocenters. The van der Waals surface area contributed by atoms with Crippen molar-refractivity contribution in [3.05, 3.63) is 50.6 Å². The Labute approximate surface area is 124 Å². The molecule has 1 heterocycles. The highest BCUT2D eigenvalue weighted by Gasteiger charge is 2.41. The fourth-order valence-corrected chi connectivity index (χ4v) is 2.99. The van der Waals surface area contributed by atoms with Crippen molar-refractivity contribution in [3.8, 4) is 0 Å². The smallest absolute Gasteiger partial charge is 0.129 e. The Balaban J connectivity index is 3.08. The molecule has 0 radical (unpaired) electrons. The Kier molecular flexibility index (Phi) is 7.52. The van der Waals surface area contributed by atoms with Crippen LogP contribution >= 0.6 is 0 Å². The van der Waals surface area contributed by atoms with Gasteiger partial charge in [0.15, 0.2) is 0 Å². The second kappa shape index (κ2) is 8.90. The van der Waals surface area contributed by atoms with Crippen molar-refractivity contribution in [1.29, 1.82) is 0 Å². The Hall–Kier alpha value is -1.16. The van der Waals surface area contributed by atoms with Gasteiger partial charge in [0.25, 0.3) is 0 Å². The van der Waals surface area contributed by atoms with E-state index in [1.165, 1.54) is 12.8 Å². The number of rotatable bonds is 10. The second-order valence-electron chi connectivity index (χ2n) is 5.17. The molecule has 1 aliphatic rings. The summed E-state index contributed by atoms with van der Waals surface area (Å²) in [5, 5.41) is 3.73. The highest BCUT2D eigenvalue weighted by atomic mass is 15.5. The molecule has 1 fully saturated rings. The maximum absolute atomic E-state index is 3.90. The Morgan fingerprint density at radius 3 is 1.55 bits per heavy atom. The van der Waals surface area contributed by atoms with Gasteiger partial charge in [-0.25, -0.2) is 0 Å². The minimum Gasteiger partial charge on any atom is -0.287 e. The number of piperidine rings is 1. The fourth-order valence-electron chi connectivity index (χ4n) is 2.99. The summed E-state index contributed by atoms with van der Waals surface area (Å²) in [5.41, 5.74) is 0. The summed E-state index contributed by atoms with van der Waals surface area (Å²) in [7, 11) is 0. The van der Waals surface area contributed by atoms with Crippen LogP contribution in [0.25, 0.3) is 0 Å². The summed E-state index contributed by atoms with van der Waals surface area (Å²) in [5.74, 6) is -0.150. The lowest BCUT2D eigenvalue weighted by molar-refractivity contribution is -0.0820. The molecule has 0 bridgehead atoms. The summed E-state index contributed by atoms with van der Waals surface area (Å²) in [6.45, 7) is 20.0. The standard InChI is InChI=1S/C17H29N3/c1-5-13-19(14-6-2)17(11-9-10-12-18-17)20(15-7-3)16-8-4/h5-8,18H,1-4,9-16H2. The molecule has 0 saturated carbocycles. The predicted octanol–water partition coefficient (Wildman–Crippen LogP) is 2.76. The molecule has 3 heteroatoms. The van der Waals surface area contributed by atoms with Crippen molar-refractivity contribution in [3.63, 3.8) is 0 Å².